The molecule has 2 aliphatic rings. The lowest BCUT2D eigenvalue weighted by Gasteiger charge is -2.34. The molecule has 0 saturated heterocycles. The van der Waals surface area contributed by atoms with Gasteiger partial charge in [0.05, 0.1) is 11.6 Å². The molecular weight excluding hydrogens is 496 g/mol. The first kappa shape index (κ1) is 23.9. The SMILES string of the molecule is C[C@@]12CCC(=O)Nc3nc(-c4nn(CCC(F)(F)C(F)(F)F)c5ncc(F)cc45)nc(c31)NC(=O)C2. The molecule has 0 saturated carbocycles. The van der Waals surface area contributed by atoms with Crippen LogP contribution in [0.4, 0.5) is 38.0 Å². The third-order valence-electron chi connectivity index (χ3n) is 6.30. The number of alkyl halides is 5. The van der Waals surface area contributed by atoms with Crippen molar-refractivity contribution < 1.29 is 35.9 Å². The van der Waals surface area contributed by atoms with E-state index in [-0.39, 0.29) is 58.8 Å². The zero-order chi connectivity index (χ0) is 26.0. The van der Waals surface area contributed by atoms with Gasteiger partial charge in [0.2, 0.25) is 11.8 Å². The molecule has 5 heterocycles. The van der Waals surface area contributed by atoms with E-state index in [4.69, 9.17) is 0 Å². The molecule has 3 aromatic heterocycles. The summed E-state index contributed by atoms with van der Waals surface area (Å²) in [6.45, 7) is 0.895. The molecule has 15 heteroatoms. The molecule has 0 aliphatic carbocycles. The lowest BCUT2D eigenvalue weighted by molar-refractivity contribution is -0.285. The molecule has 3 aromatic rings. The molecule has 2 aliphatic heterocycles. The fourth-order valence-corrected chi connectivity index (χ4v) is 4.48. The van der Waals surface area contributed by atoms with E-state index in [1.165, 1.54) is 0 Å². The largest absolute Gasteiger partial charge is 0.453 e. The summed E-state index contributed by atoms with van der Waals surface area (Å²) in [4.78, 5) is 37.2. The summed E-state index contributed by atoms with van der Waals surface area (Å²) in [5.74, 6) is -6.56. The Morgan fingerprint density at radius 1 is 1.08 bits per heavy atom. The van der Waals surface area contributed by atoms with E-state index in [1.54, 1.807) is 6.92 Å². The molecule has 36 heavy (non-hydrogen) atoms. The number of carbonyl (C=O) groups is 2. The van der Waals surface area contributed by atoms with Crippen molar-refractivity contribution in [1.29, 1.82) is 0 Å². The molecule has 5 rings (SSSR count). The fourth-order valence-electron chi connectivity index (χ4n) is 4.48. The van der Waals surface area contributed by atoms with Gasteiger partial charge >= 0.3 is 12.1 Å². The zero-order valence-electron chi connectivity index (χ0n) is 18.5. The summed E-state index contributed by atoms with van der Waals surface area (Å²) < 4.78 is 79.8. The maximum Gasteiger partial charge on any atom is 0.453 e. The first-order valence-corrected chi connectivity index (χ1v) is 10.8. The number of anilines is 2. The van der Waals surface area contributed by atoms with Crippen LogP contribution in [0.3, 0.4) is 0 Å². The number of hydrogen-bond acceptors (Lipinski definition) is 6. The molecule has 0 aromatic carbocycles. The van der Waals surface area contributed by atoms with Gasteiger partial charge in [-0.25, -0.2) is 24.0 Å². The highest BCUT2D eigenvalue weighted by Gasteiger charge is 2.56. The van der Waals surface area contributed by atoms with E-state index >= 15 is 0 Å². The summed E-state index contributed by atoms with van der Waals surface area (Å²) >= 11 is 0. The standard InChI is InChI=1S/C21H17F6N7O2/c1-19-3-2-11(35)29-15-13(19)16(30-12(36)7-19)32-17(31-15)14-10-6-9(22)8-28-18(10)34(33-14)5-4-20(23,24)21(25,26)27/h6,8H,2-5,7H2,1H3,(H2,29,30,31,32,35,36)/t19-/m0/s1. The van der Waals surface area contributed by atoms with Gasteiger partial charge in [0, 0.05) is 36.8 Å². The minimum atomic E-state index is -5.76. The van der Waals surface area contributed by atoms with Crippen LogP contribution in [0.5, 0.6) is 0 Å². The second-order valence-electron chi connectivity index (χ2n) is 9.00. The minimum absolute atomic E-state index is 0.0534. The van der Waals surface area contributed by atoms with Gasteiger partial charge in [0.15, 0.2) is 11.5 Å². The summed E-state index contributed by atoms with van der Waals surface area (Å²) in [6.07, 6.45) is -6.06. The van der Waals surface area contributed by atoms with Crippen LogP contribution in [0.15, 0.2) is 12.3 Å². The number of fused-ring (bicyclic) bond motifs is 1. The van der Waals surface area contributed by atoms with Crippen molar-refractivity contribution in [2.45, 2.75) is 56.7 Å². The van der Waals surface area contributed by atoms with E-state index < -0.39 is 36.3 Å². The van der Waals surface area contributed by atoms with Crippen molar-refractivity contribution in [3.63, 3.8) is 0 Å². The zero-order valence-corrected chi connectivity index (χ0v) is 18.5. The summed E-state index contributed by atoms with van der Waals surface area (Å²) in [5.41, 5.74) is -0.599. The lowest BCUT2D eigenvalue weighted by Crippen LogP contribution is -2.37. The smallest absolute Gasteiger partial charge is 0.310 e. The van der Waals surface area contributed by atoms with Crippen molar-refractivity contribution in [2.24, 2.45) is 0 Å². The van der Waals surface area contributed by atoms with Crippen LogP contribution in [0.2, 0.25) is 0 Å². The highest BCUT2D eigenvalue weighted by Crippen LogP contribution is 2.46. The number of carbonyl (C=O) groups excluding carboxylic acids is 2. The quantitative estimate of drug-likeness (QED) is 0.511. The maximum atomic E-state index is 14.0. The van der Waals surface area contributed by atoms with Gasteiger partial charge in [-0.2, -0.15) is 27.1 Å². The van der Waals surface area contributed by atoms with Crippen LogP contribution in [-0.2, 0) is 21.5 Å². The second-order valence-corrected chi connectivity index (χ2v) is 9.00. The van der Waals surface area contributed by atoms with E-state index in [0.29, 0.717) is 12.0 Å². The number of aryl methyl sites for hydroxylation is 1. The summed E-state index contributed by atoms with van der Waals surface area (Å²) in [5, 5.41) is 9.27. The lowest BCUT2D eigenvalue weighted by atomic mass is 9.74. The molecule has 0 spiro atoms. The van der Waals surface area contributed by atoms with E-state index in [9.17, 15) is 35.9 Å². The monoisotopic (exact) mass is 513 g/mol. The highest BCUT2D eigenvalue weighted by atomic mass is 19.4. The minimum Gasteiger partial charge on any atom is -0.310 e. The molecule has 9 nitrogen and oxygen atoms in total. The number of rotatable bonds is 4. The van der Waals surface area contributed by atoms with Gasteiger partial charge in [0.25, 0.3) is 0 Å². The molecule has 0 radical (unpaired) electrons. The normalized spacial score (nSPS) is 20.1. The Balaban J connectivity index is 1.65. The first-order chi connectivity index (χ1) is 16.8. The summed E-state index contributed by atoms with van der Waals surface area (Å²) in [6, 6.07) is 0.963. The Morgan fingerprint density at radius 3 is 2.42 bits per heavy atom. The number of amides is 2. The predicted molar refractivity (Wildman–Crippen MR) is 113 cm³/mol. The molecule has 190 valence electrons. The maximum absolute atomic E-state index is 14.0. The predicted octanol–water partition coefficient (Wildman–Crippen LogP) is 3.95. The molecular formula is C21H17F6N7O2. The highest BCUT2D eigenvalue weighted by molar-refractivity contribution is 6.00. The van der Waals surface area contributed by atoms with Crippen molar-refractivity contribution in [3.8, 4) is 11.5 Å². The van der Waals surface area contributed by atoms with Crippen molar-refractivity contribution >= 4 is 34.5 Å². The average molecular weight is 513 g/mol. The number of nitrogens with one attached hydrogen (secondary N) is 2. The first-order valence-electron chi connectivity index (χ1n) is 10.8. The van der Waals surface area contributed by atoms with Gasteiger partial charge in [-0.15, -0.1) is 0 Å². The Kier molecular flexibility index (Phi) is 5.23. The topological polar surface area (TPSA) is 115 Å². The molecule has 0 unspecified atom stereocenters. The van der Waals surface area contributed by atoms with Gasteiger partial charge in [-0.3, -0.25) is 9.59 Å². The van der Waals surface area contributed by atoms with Crippen LogP contribution in [-0.4, -0.2) is 48.6 Å². The van der Waals surface area contributed by atoms with Crippen molar-refractivity contribution in [2.75, 3.05) is 10.6 Å². The Labute approximate surface area is 198 Å². The number of nitrogens with zero attached hydrogens (tertiary/aromatic N) is 5. The van der Waals surface area contributed by atoms with E-state index in [2.05, 4.69) is 30.7 Å². The third kappa shape index (κ3) is 3.91. The molecule has 2 N–H and O–H groups in total. The Hall–Kier alpha value is -3.78. The molecule has 1 atom stereocenters. The Bertz CT molecular complexity index is 1420. The van der Waals surface area contributed by atoms with Crippen LogP contribution in [0.25, 0.3) is 22.6 Å². The van der Waals surface area contributed by atoms with Crippen LogP contribution < -0.4 is 10.6 Å². The summed E-state index contributed by atoms with van der Waals surface area (Å²) in [7, 11) is 0. The Morgan fingerprint density at radius 2 is 1.75 bits per heavy atom. The molecule has 0 bridgehead atoms. The average Bonchev–Trinajstić information content (AvgIpc) is 3.06. The van der Waals surface area contributed by atoms with Crippen LogP contribution >= 0.6 is 0 Å². The van der Waals surface area contributed by atoms with Crippen LogP contribution in [0, 0.1) is 5.82 Å². The van der Waals surface area contributed by atoms with Crippen LogP contribution in [0.1, 0.15) is 38.2 Å². The van der Waals surface area contributed by atoms with E-state index in [1.807, 2.05) is 0 Å². The van der Waals surface area contributed by atoms with Gasteiger partial charge < -0.3 is 10.6 Å². The molecule has 0 fully saturated rings. The van der Waals surface area contributed by atoms with Gasteiger partial charge in [-0.1, -0.05) is 6.92 Å². The number of hydrogen-bond donors (Lipinski definition) is 2. The fraction of sp³-hybridized carbons (Fsp3) is 0.429. The molecule has 2 amide bonds. The van der Waals surface area contributed by atoms with E-state index in [0.717, 1.165) is 16.9 Å². The van der Waals surface area contributed by atoms with Crippen molar-refractivity contribution in [3.05, 3.63) is 23.6 Å². The number of aromatic nitrogens is 5. The number of pyridine rings is 1. The third-order valence-corrected chi connectivity index (χ3v) is 6.30. The van der Waals surface area contributed by atoms with Gasteiger partial charge in [0.1, 0.15) is 23.1 Å². The number of halogens is 6. The van der Waals surface area contributed by atoms with Crippen molar-refractivity contribution in [1.82, 2.24) is 24.7 Å². The van der Waals surface area contributed by atoms with Gasteiger partial charge in [-0.05, 0) is 12.5 Å². The second kappa shape index (κ2) is 7.86.